The number of nitrogens with zero attached hydrogens (tertiary/aromatic N) is 3. The van der Waals surface area contributed by atoms with Crippen molar-refractivity contribution in [3.05, 3.63) is 72.8 Å². The van der Waals surface area contributed by atoms with Crippen LogP contribution in [0.1, 0.15) is 12.5 Å². The molecule has 5 aromatic rings. The van der Waals surface area contributed by atoms with Crippen molar-refractivity contribution >= 4 is 27.5 Å². The molecule has 0 aliphatic carbocycles. The summed E-state index contributed by atoms with van der Waals surface area (Å²) in [6.07, 6.45) is 4.13. The summed E-state index contributed by atoms with van der Waals surface area (Å²) >= 11 is 0. The number of aryl methyl sites for hydroxylation is 1. The van der Waals surface area contributed by atoms with Crippen molar-refractivity contribution in [2.45, 2.75) is 13.3 Å². The van der Waals surface area contributed by atoms with Gasteiger partial charge in [-0.25, -0.2) is 9.67 Å². The number of para-hydroxylation sites is 1. The lowest BCUT2D eigenvalue weighted by Crippen LogP contribution is -2.05. The second-order valence-corrected chi connectivity index (χ2v) is 6.60. The van der Waals surface area contributed by atoms with Gasteiger partial charge in [0.2, 0.25) is 0 Å². The third-order valence-corrected chi connectivity index (χ3v) is 5.14. The first-order valence-electron chi connectivity index (χ1n) is 9.04. The Morgan fingerprint density at radius 2 is 1.81 bits per heavy atom. The fourth-order valence-electron chi connectivity index (χ4n) is 3.97. The average Bonchev–Trinajstić information content (AvgIpc) is 3.36. The van der Waals surface area contributed by atoms with Gasteiger partial charge in [-0.3, -0.25) is 0 Å². The van der Waals surface area contributed by atoms with Gasteiger partial charge in [-0.1, -0.05) is 55.5 Å². The van der Waals surface area contributed by atoms with E-state index < -0.39 is 0 Å². The van der Waals surface area contributed by atoms with E-state index in [1.54, 1.807) is 12.7 Å². The largest absolute Gasteiger partial charge is 0.398 e. The van der Waals surface area contributed by atoms with Crippen LogP contribution in [-0.4, -0.2) is 19.7 Å². The van der Waals surface area contributed by atoms with E-state index in [0.717, 1.165) is 56.3 Å². The summed E-state index contributed by atoms with van der Waals surface area (Å²) in [7, 11) is 0. The molecule has 0 bridgehead atoms. The highest BCUT2D eigenvalue weighted by Gasteiger charge is 2.23. The number of hydrogen-bond acceptors (Lipinski definition) is 3. The first-order valence-corrected chi connectivity index (χ1v) is 9.04. The number of aromatic nitrogens is 4. The number of aromatic amines is 1. The third kappa shape index (κ3) is 2.25. The summed E-state index contributed by atoms with van der Waals surface area (Å²) < 4.78 is 1.82. The lowest BCUT2D eigenvalue weighted by molar-refractivity contribution is 0.888. The van der Waals surface area contributed by atoms with Crippen LogP contribution in [0.3, 0.4) is 0 Å². The number of rotatable bonds is 3. The zero-order valence-electron chi connectivity index (χ0n) is 15.0. The molecule has 5 rings (SSSR count). The van der Waals surface area contributed by atoms with Gasteiger partial charge >= 0.3 is 0 Å². The maximum atomic E-state index is 6.74. The van der Waals surface area contributed by atoms with Gasteiger partial charge in [0.15, 0.2) is 0 Å². The normalized spacial score (nSPS) is 11.4. The number of nitrogens with one attached hydrogen (secondary N) is 1. The second kappa shape index (κ2) is 5.99. The van der Waals surface area contributed by atoms with Crippen LogP contribution in [-0.2, 0) is 6.42 Å². The van der Waals surface area contributed by atoms with Gasteiger partial charge < -0.3 is 10.7 Å². The number of H-pyrrole nitrogens is 1. The summed E-state index contributed by atoms with van der Waals surface area (Å²) in [6, 6.07) is 18.6. The summed E-state index contributed by atoms with van der Waals surface area (Å²) in [5.74, 6) is 0. The highest BCUT2D eigenvalue weighted by Crippen LogP contribution is 2.43. The van der Waals surface area contributed by atoms with E-state index in [1.807, 2.05) is 28.9 Å². The Balaban J connectivity index is 2.06. The minimum Gasteiger partial charge on any atom is -0.398 e. The molecule has 0 aliphatic heterocycles. The molecule has 5 nitrogen and oxygen atoms in total. The van der Waals surface area contributed by atoms with Crippen molar-refractivity contribution in [3.63, 3.8) is 0 Å². The molecule has 0 radical (unpaired) electrons. The smallest absolute Gasteiger partial charge is 0.138 e. The standard InChI is InChI=1S/C22H19N5/c1-2-15-20(23)18(14-8-4-3-5-9-14)22(27-13-24-12-25-27)19-16-10-6-7-11-17(16)26-21(15)19/h3-13,26H,2,23H2,1H3. The molecule has 0 fully saturated rings. The van der Waals surface area contributed by atoms with Crippen molar-refractivity contribution < 1.29 is 0 Å². The highest BCUT2D eigenvalue weighted by molar-refractivity contribution is 6.17. The Morgan fingerprint density at radius 1 is 1.04 bits per heavy atom. The van der Waals surface area contributed by atoms with E-state index in [9.17, 15) is 0 Å². The van der Waals surface area contributed by atoms with Crippen molar-refractivity contribution in [2.75, 3.05) is 5.73 Å². The minimum atomic E-state index is 0.785. The third-order valence-electron chi connectivity index (χ3n) is 5.14. The van der Waals surface area contributed by atoms with Crippen molar-refractivity contribution in [2.24, 2.45) is 0 Å². The maximum Gasteiger partial charge on any atom is 0.138 e. The molecule has 0 saturated carbocycles. The SMILES string of the molecule is CCc1c(N)c(-c2ccccc2)c(-n2cncn2)c2c1[nH]c1ccccc12. The summed E-state index contributed by atoms with van der Waals surface area (Å²) in [5.41, 5.74) is 13.8. The molecule has 5 heteroatoms. The van der Waals surface area contributed by atoms with Crippen molar-refractivity contribution in [1.82, 2.24) is 19.7 Å². The molecule has 2 heterocycles. The molecule has 132 valence electrons. The average molecular weight is 353 g/mol. The molecule has 0 atom stereocenters. The van der Waals surface area contributed by atoms with Crippen LogP contribution in [0.25, 0.3) is 38.6 Å². The lowest BCUT2D eigenvalue weighted by atomic mass is 9.93. The number of benzene rings is 3. The van der Waals surface area contributed by atoms with E-state index in [-0.39, 0.29) is 0 Å². The zero-order valence-corrected chi connectivity index (χ0v) is 15.0. The maximum absolute atomic E-state index is 6.74. The van der Waals surface area contributed by atoms with E-state index in [2.05, 4.69) is 52.3 Å². The molecule has 3 N–H and O–H groups in total. The Hall–Kier alpha value is -3.60. The van der Waals surface area contributed by atoms with Crippen LogP contribution < -0.4 is 5.73 Å². The molecule has 0 amide bonds. The molecule has 0 unspecified atom stereocenters. The first kappa shape index (κ1) is 15.6. The molecule has 27 heavy (non-hydrogen) atoms. The van der Waals surface area contributed by atoms with Gasteiger partial charge in [0.1, 0.15) is 12.7 Å². The van der Waals surface area contributed by atoms with Crippen LogP contribution in [0, 0.1) is 0 Å². The quantitative estimate of drug-likeness (QED) is 0.461. The lowest BCUT2D eigenvalue weighted by Gasteiger charge is -2.18. The molecule has 0 aliphatic rings. The molecular formula is C22H19N5. The summed E-state index contributed by atoms with van der Waals surface area (Å²) in [4.78, 5) is 7.76. The van der Waals surface area contributed by atoms with Crippen LogP contribution >= 0.6 is 0 Å². The number of anilines is 1. The molecule has 0 spiro atoms. The summed E-state index contributed by atoms with van der Waals surface area (Å²) in [6.45, 7) is 2.14. The number of nitrogens with two attached hydrogens (primary N) is 1. The molecular weight excluding hydrogens is 334 g/mol. The van der Waals surface area contributed by atoms with E-state index in [1.165, 1.54) is 0 Å². The monoisotopic (exact) mass is 353 g/mol. The zero-order chi connectivity index (χ0) is 18.4. The summed E-state index contributed by atoms with van der Waals surface area (Å²) in [5, 5.41) is 6.73. The van der Waals surface area contributed by atoms with Crippen LogP contribution in [0.2, 0.25) is 0 Å². The predicted molar refractivity (Wildman–Crippen MR) is 110 cm³/mol. The number of nitrogen functional groups attached to an aromatic ring is 1. The van der Waals surface area contributed by atoms with Gasteiger partial charge in [0.25, 0.3) is 0 Å². The van der Waals surface area contributed by atoms with E-state index >= 15 is 0 Å². The van der Waals surface area contributed by atoms with E-state index in [0.29, 0.717) is 0 Å². The minimum absolute atomic E-state index is 0.785. The highest BCUT2D eigenvalue weighted by atomic mass is 15.3. The number of fused-ring (bicyclic) bond motifs is 3. The topological polar surface area (TPSA) is 72.5 Å². The Kier molecular flexibility index (Phi) is 3.47. The van der Waals surface area contributed by atoms with Gasteiger partial charge in [0, 0.05) is 27.5 Å². The Bertz CT molecular complexity index is 1250. The fourth-order valence-corrected chi connectivity index (χ4v) is 3.97. The van der Waals surface area contributed by atoms with Crippen molar-refractivity contribution in [1.29, 1.82) is 0 Å². The molecule has 2 aromatic heterocycles. The van der Waals surface area contributed by atoms with E-state index in [4.69, 9.17) is 5.73 Å². The van der Waals surface area contributed by atoms with Crippen molar-refractivity contribution in [3.8, 4) is 16.8 Å². The number of hydrogen-bond donors (Lipinski definition) is 2. The Morgan fingerprint density at radius 3 is 2.56 bits per heavy atom. The van der Waals surface area contributed by atoms with Gasteiger partial charge in [-0.2, -0.15) is 5.10 Å². The molecule has 3 aromatic carbocycles. The van der Waals surface area contributed by atoms with Crippen LogP contribution in [0.4, 0.5) is 5.69 Å². The van der Waals surface area contributed by atoms with Crippen LogP contribution in [0.15, 0.2) is 67.3 Å². The van der Waals surface area contributed by atoms with Gasteiger partial charge in [-0.15, -0.1) is 0 Å². The second-order valence-electron chi connectivity index (χ2n) is 6.60. The van der Waals surface area contributed by atoms with Crippen LogP contribution in [0.5, 0.6) is 0 Å². The molecule has 0 saturated heterocycles. The Labute approximate surface area is 156 Å². The fraction of sp³-hybridized carbons (Fsp3) is 0.0909. The van der Waals surface area contributed by atoms with Gasteiger partial charge in [0.05, 0.1) is 11.2 Å². The predicted octanol–water partition coefficient (Wildman–Crippen LogP) is 4.71. The van der Waals surface area contributed by atoms with Gasteiger partial charge in [-0.05, 0) is 23.6 Å². The first-order chi connectivity index (χ1) is 13.3.